The minimum Gasteiger partial charge on any atom is -0.352 e. The van der Waals surface area contributed by atoms with E-state index in [0.29, 0.717) is 17.0 Å². The van der Waals surface area contributed by atoms with Crippen molar-refractivity contribution in [2.75, 3.05) is 10.8 Å². The second-order valence-electron chi connectivity index (χ2n) is 10.5. The largest absolute Gasteiger partial charge is 0.352 e. The van der Waals surface area contributed by atoms with Gasteiger partial charge in [0.1, 0.15) is 12.6 Å². The van der Waals surface area contributed by atoms with Crippen LogP contribution in [0.1, 0.15) is 31.4 Å². The highest BCUT2D eigenvalue weighted by Gasteiger charge is 2.36. The number of sulfonamides is 1. The van der Waals surface area contributed by atoms with Crippen LogP contribution in [0.3, 0.4) is 0 Å². The van der Waals surface area contributed by atoms with Crippen LogP contribution >= 0.6 is 34.8 Å². The molecule has 7 nitrogen and oxygen atoms in total. The SMILES string of the molecule is CC[C@@H](C)NC(=O)[C@@H](Cc1ccccc1)N(Cc1ccccc1Cl)C(=O)CN(c1cccc(Cl)c1Cl)S(=O)(=O)c1ccccc1. The number of anilines is 1. The summed E-state index contributed by atoms with van der Waals surface area (Å²) in [5.74, 6) is -1.00. The summed E-state index contributed by atoms with van der Waals surface area (Å²) < 4.78 is 29.1. The predicted molar refractivity (Wildman–Crippen MR) is 181 cm³/mol. The van der Waals surface area contributed by atoms with Gasteiger partial charge in [-0.05, 0) is 54.8 Å². The number of hydrogen-bond donors (Lipinski definition) is 1. The molecule has 2 amide bonds. The van der Waals surface area contributed by atoms with Gasteiger partial charge in [0.2, 0.25) is 11.8 Å². The lowest BCUT2D eigenvalue weighted by atomic mass is 10.0. The molecule has 0 aliphatic carbocycles. The summed E-state index contributed by atoms with van der Waals surface area (Å²) in [5.41, 5.74) is 1.45. The van der Waals surface area contributed by atoms with Gasteiger partial charge in [0.15, 0.2) is 0 Å². The third kappa shape index (κ3) is 8.58. The fraction of sp³-hybridized carbons (Fsp3) is 0.235. The van der Waals surface area contributed by atoms with E-state index < -0.39 is 28.5 Å². The number of halogens is 3. The zero-order valence-electron chi connectivity index (χ0n) is 24.9. The standard InChI is InChI=1S/C34H34Cl3N3O4S/c1-3-24(2)38-34(42)31(21-25-13-6-4-7-14-25)39(22-26-15-10-11-18-28(26)35)32(41)23-40(30-20-12-19-29(36)33(30)37)45(43,44)27-16-8-5-9-17-27/h4-20,24,31H,3,21-23H2,1-2H3,(H,38,42)/t24-,31-/m1/s1. The van der Waals surface area contributed by atoms with Crippen LogP contribution in [0.15, 0.2) is 108 Å². The summed E-state index contributed by atoms with van der Waals surface area (Å²) in [6.45, 7) is 3.12. The molecular formula is C34H34Cl3N3O4S. The summed E-state index contributed by atoms with van der Waals surface area (Å²) in [6.07, 6.45) is 0.862. The molecule has 0 saturated heterocycles. The van der Waals surface area contributed by atoms with Crippen molar-refractivity contribution >= 4 is 62.3 Å². The Morgan fingerprint density at radius 3 is 2.04 bits per heavy atom. The van der Waals surface area contributed by atoms with Crippen LogP contribution in [-0.4, -0.2) is 43.8 Å². The van der Waals surface area contributed by atoms with Crippen molar-refractivity contribution in [3.63, 3.8) is 0 Å². The first-order valence-electron chi connectivity index (χ1n) is 14.4. The highest BCUT2D eigenvalue weighted by atomic mass is 35.5. The lowest BCUT2D eigenvalue weighted by molar-refractivity contribution is -0.140. The Morgan fingerprint density at radius 2 is 1.40 bits per heavy atom. The van der Waals surface area contributed by atoms with Crippen molar-refractivity contribution in [3.05, 3.63) is 129 Å². The second-order valence-corrected chi connectivity index (χ2v) is 13.6. The average molecular weight is 687 g/mol. The molecule has 0 heterocycles. The van der Waals surface area contributed by atoms with Gasteiger partial charge in [0.05, 0.1) is 20.6 Å². The molecule has 45 heavy (non-hydrogen) atoms. The lowest BCUT2D eigenvalue weighted by Crippen LogP contribution is -2.54. The molecule has 11 heteroatoms. The first-order chi connectivity index (χ1) is 21.5. The van der Waals surface area contributed by atoms with E-state index in [1.54, 1.807) is 48.5 Å². The molecule has 0 saturated carbocycles. The van der Waals surface area contributed by atoms with Gasteiger partial charge in [-0.3, -0.25) is 13.9 Å². The fourth-order valence-electron chi connectivity index (χ4n) is 4.72. The summed E-state index contributed by atoms with van der Waals surface area (Å²) in [6, 6.07) is 27.5. The normalized spacial score (nSPS) is 12.6. The quantitative estimate of drug-likeness (QED) is 0.159. The molecule has 0 aromatic heterocycles. The molecule has 4 rings (SSSR count). The third-order valence-electron chi connectivity index (χ3n) is 7.38. The van der Waals surface area contributed by atoms with Gasteiger partial charge in [-0.1, -0.05) is 115 Å². The Bertz CT molecular complexity index is 1720. The van der Waals surface area contributed by atoms with Crippen LogP contribution in [0.4, 0.5) is 5.69 Å². The van der Waals surface area contributed by atoms with Crippen molar-refractivity contribution in [2.45, 2.75) is 50.2 Å². The fourth-order valence-corrected chi connectivity index (χ4v) is 6.81. The predicted octanol–water partition coefficient (Wildman–Crippen LogP) is 7.40. The summed E-state index contributed by atoms with van der Waals surface area (Å²) in [4.78, 5) is 29.8. The minimum absolute atomic E-state index is 0.0283. The molecule has 0 aliphatic rings. The van der Waals surface area contributed by atoms with Gasteiger partial charge in [0.25, 0.3) is 10.0 Å². The van der Waals surface area contributed by atoms with Crippen molar-refractivity contribution in [2.24, 2.45) is 0 Å². The van der Waals surface area contributed by atoms with E-state index in [-0.39, 0.29) is 45.5 Å². The monoisotopic (exact) mass is 685 g/mol. The molecule has 0 radical (unpaired) electrons. The maximum atomic E-state index is 14.5. The number of hydrogen-bond acceptors (Lipinski definition) is 4. The number of nitrogens with one attached hydrogen (secondary N) is 1. The van der Waals surface area contributed by atoms with Crippen LogP contribution in [0.2, 0.25) is 15.1 Å². The Hall–Kier alpha value is -3.56. The topological polar surface area (TPSA) is 86.8 Å². The van der Waals surface area contributed by atoms with Gasteiger partial charge in [-0.2, -0.15) is 0 Å². The molecule has 236 valence electrons. The Labute approximate surface area is 279 Å². The van der Waals surface area contributed by atoms with E-state index in [2.05, 4.69) is 5.32 Å². The van der Waals surface area contributed by atoms with Gasteiger partial charge in [-0.15, -0.1) is 0 Å². The highest BCUT2D eigenvalue weighted by molar-refractivity contribution is 7.92. The summed E-state index contributed by atoms with van der Waals surface area (Å²) in [5, 5.41) is 3.51. The first-order valence-corrected chi connectivity index (χ1v) is 17.0. The number of carbonyl (C=O) groups excluding carboxylic acids is 2. The Kier molecular flexibility index (Phi) is 11.9. The number of rotatable bonds is 13. The molecule has 0 bridgehead atoms. The minimum atomic E-state index is -4.31. The molecule has 2 atom stereocenters. The molecule has 4 aromatic carbocycles. The molecular weight excluding hydrogens is 653 g/mol. The van der Waals surface area contributed by atoms with E-state index in [0.717, 1.165) is 9.87 Å². The molecule has 0 unspecified atom stereocenters. The molecule has 0 aliphatic heterocycles. The highest BCUT2D eigenvalue weighted by Crippen LogP contribution is 2.35. The van der Waals surface area contributed by atoms with Gasteiger partial charge >= 0.3 is 0 Å². The van der Waals surface area contributed by atoms with Crippen LogP contribution in [0.5, 0.6) is 0 Å². The van der Waals surface area contributed by atoms with Gasteiger partial charge in [0, 0.05) is 24.0 Å². The number of amides is 2. The molecule has 0 spiro atoms. The van der Waals surface area contributed by atoms with Crippen molar-refractivity contribution in [3.8, 4) is 0 Å². The molecule has 4 aromatic rings. The van der Waals surface area contributed by atoms with E-state index >= 15 is 0 Å². The lowest BCUT2D eigenvalue weighted by Gasteiger charge is -2.34. The van der Waals surface area contributed by atoms with Crippen LogP contribution in [-0.2, 0) is 32.6 Å². The average Bonchev–Trinajstić information content (AvgIpc) is 3.04. The van der Waals surface area contributed by atoms with Crippen LogP contribution in [0.25, 0.3) is 0 Å². The van der Waals surface area contributed by atoms with E-state index in [1.165, 1.54) is 29.2 Å². The third-order valence-corrected chi connectivity index (χ3v) is 10.3. The second kappa shape index (κ2) is 15.6. The maximum absolute atomic E-state index is 14.5. The van der Waals surface area contributed by atoms with Crippen molar-refractivity contribution in [1.29, 1.82) is 0 Å². The summed E-state index contributed by atoms with van der Waals surface area (Å²) >= 11 is 19.4. The molecule has 1 N–H and O–H groups in total. The van der Waals surface area contributed by atoms with Gasteiger partial charge in [-0.25, -0.2) is 8.42 Å². The van der Waals surface area contributed by atoms with Crippen LogP contribution < -0.4 is 9.62 Å². The van der Waals surface area contributed by atoms with Crippen LogP contribution in [0, 0.1) is 0 Å². The maximum Gasteiger partial charge on any atom is 0.264 e. The number of benzene rings is 4. The zero-order valence-corrected chi connectivity index (χ0v) is 28.0. The van der Waals surface area contributed by atoms with E-state index in [9.17, 15) is 18.0 Å². The Morgan fingerprint density at radius 1 is 0.800 bits per heavy atom. The smallest absolute Gasteiger partial charge is 0.264 e. The van der Waals surface area contributed by atoms with Gasteiger partial charge < -0.3 is 10.2 Å². The zero-order chi connectivity index (χ0) is 32.6. The molecule has 0 fully saturated rings. The van der Waals surface area contributed by atoms with Crippen molar-refractivity contribution in [1.82, 2.24) is 10.2 Å². The van der Waals surface area contributed by atoms with E-state index in [4.69, 9.17) is 34.8 Å². The number of nitrogens with zero attached hydrogens (tertiary/aromatic N) is 2. The Balaban J connectivity index is 1.84. The number of carbonyl (C=O) groups is 2. The van der Waals surface area contributed by atoms with Crippen molar-refractivity contribution < 1.29 is 18.0 Å². The first kappa shape index (κ1) is 34.3. The summed E-state index contributed by atoms with van der Waals surface area (Å²) in [7, 11) is -4.31. The van der Waals surface area contributed by atoms with E-state index in [1.807, 2.05) is 44.2 Å².